The highest BCUT2D eigenvalue weighted by molar-refractivity contribution is 9.10. The number of hydrogen-bond donors (Lipinski definition) is 0. The van der Waals surface area contributed by atoms with E-state index in [0.717, 1.165) is 27.2 Å². The van der Waals surface area contributed by atoms with Crippen LogP contribution in [-0.4, -0.2) is 19.5 Å². The van der Waals surface area contributed by atoms with Crippen molar-refractivity contribution in [2.24, 2.45) is 7.05 Å². The maximum Gasteiger partial charge on any atom is 0.178 e. The number of pyridine rings is 2. The number of fused-ring (bicyclic) bond motifs is 1. The monoisotopic (exact) mass is 288 g/mol. The summed E-state index contributed by atoms with van der Waals surface area (Å²) < 4.78 is 2.96. The van der Waals surface area contributed by atoms with E-state index in [4.69, 9.17) is 0 Å². The molecule has 0 fully saturated rings. The van der Waals surface area contributed by atoms with Gasteiger partial charge in [-0.15, -0.1) is 0 Å². The first kappa shape index (κ1) is 10.4. The predicted molar refractivity (Wildman–Crippen MR) is 69.4 cm³/mol. The molecular formula is C12H9BrN4. The lowest BCUT2D eigenvalue weighted by atomic mass is 10.3. The van der Waals surface area contributed by atoms with Crippen molar-refractivity contribution in [3.63, 3.8) is 0 Å². The third-order valence-electron chi connectivity index (χ3n) is 2.61. The zero-order valence-electron chi connectivity index (χ0n) is 9.13. The van der Waals surface area contributed by atoms with Crippen LogP contribution in [0.1, 0.15) is 0 Å². The van der Waals surface area contributed by atoms with Gasteiger partial charge >= 0.3 is 0 Å². The first-order chi connectivity index (χ1) is 8.25. The fourth-order valence-corrected chi connectivity index (χ4v) is 2.00. The lowest BCUT2D eigenvalue weighted by Crippen LogP contribution is -1.94. The molecule has 0 saturated carbocycles. The van der Waals surface area contributed by atoms with Gasteiger partial charge in [-0.3, -0.25) is 4.98 Å². The van der Waals surface area contributed by atoms with Crippen molar-refractivity contribution < 1.29 is 0 Å². The molecule has 0 unspecified atom stereocenters. The maximum atomic E-state index is 4.49. The second-order valence-corrected chi connectivity index (χ2v) is 4.62. The van der Waals surface area contributed by atoms with Crippen molar-refractivity contribution in [1.29, 1.82) is 0 Å². The molecule has 0 spiro atoms. The van der Waals surface area contributed by atoms with Gasteiger partial charge in [-0.05, 0) is 40.2 Å². The second kappa shape index (κ2) is 3.92. The van der Waals surface area contributed by atoms with Crippen LogP contribution in [0.4, 0.5) is 0 Å². The summed E-state index contributed by atoms with van der Waals surface area (Å²) in [7, 11) is 1.97. The van der Waals surface area contributed by atoms with Crippen molar-refractivity contribution in [3.8, 4) is 11.5 Å². The second-order valence-electron chi connectivity index (χ2n) is 3.70. The van der Waals surface area contributed by atoms with Crippen LogP contribution >= 0.6 is 15.9 Å². The van der Waals surface area contributed by atoms with E-state index in [9.17, 15) is 0 Å². The van der Waals surface area contributed by atoms with Crippen molar-refractivity contribution in [1.82, 2.24) is 19.5 Å². The number of nitrogens with zero attached hydrogens (tertiary/aromatic N) is 4. The molecule has 0 amide bonds. The van der Waals surface area contributed by atoms with Crippen LogP contribution in [0.3, 0.4) is 0 Å². The zero-order chi connectivity index (χ0) is 11.8. The number of imidazole rings is 1. The Balaban J connectivity index is 2.24. The molecule has 3 rings (SSSR count). The average molecular weight is 289 g/mol. The van der Waals surface area contributed by atoms with E-state index in [2.05, 4.69) is 30.9 Å². The van der Waals surface area contributed by atoms with Crippen LogP contribution in [0.5, 0.6) is 0 Å². The van der Waals surface area contributed by atoms with Crippen LogP contribution in [0, 0.1) is 0 Å². The highest BCUT2D eigenvalue weighted by atomic mass is 79.9. The number of aryl methyl sites for hydroxylation is 1. The molecule has 0 saturated heterocycles. The first-order valence-corrected chi connectivity index (χ1v) is 5.94. The standard InChI is InChI=1S/C12H9BrN4/c1-17-10-3-2-6-14-11(10)16-12(17)9-5-4-8(13)7-15-9/h2-7H,1H3. The predicted octanol–water partition coefficient (Wildman–Crippen LogP) is 2.79. The summed E-state index contributed by atoms with van der Waals surface area (Å²) in [4.78, 5) is 13.1. The minimum atomic E-state index is 0.745. The van der Waals surface area contributed by atoms with Gasteiger partial charge < -0.3 is 4.57 Å². The van der Waals surface area contributed by atoms with Gasteiger partial charge in [0.2, 0.25) is 0 Å². The van der Waals surface area contributed by atoms with E-state index in [1.54, 1.807) is 12.4 Å². The molecule has 0 aliphatic heterocycles. The number of rotatable bonds is 1. The molecule has 5 heteroatoms. The zero-order valence-corrected chi connectivity index (χ0v) is 10.7. The van der Waals surface area contributed by atoms with Crippen molar-refractivity contribution in [2.75, 3.05) is 0 Å². The fraction of sp³-hybridized carbons (Fsp3) is 0.0833. The summed E-state index contributed by atoms with van der Waals surface area (Å²) >= 11 is 3.37. The summed E-state index contributed by atoms with van der Waals surface area (Å²) in [5.41, 5.74) is 2.59. The first-order valence-electron chi connectivity index (χ1n) is 5.15. The van der Waals surface area contributed by atoms with Crippen LogP contribution in [-0.2, 0) is 7.05 Å². The Morgan fingerprint density at radius 2 is 2.06 bits per heavy atom. The van der Waals surface area contributed by atoms with E-state index < -0.39 is 0 Å². The highest BCUT2D eigenvalue weighted by Gasteiger charge is 2.10. The Morgan fingerprint density at radius 3 is 2.76 bits per heavy atom. The normalized spacial score (nSPS) is 10.9. The molecule has 84 valence electrons. The van der Waals surface area contributed by atoms with Gasteiger partial charge in [0, 0.05) is 23.9 Å². The van der Waals surface area contributed by atoms with Crippen LogP contribution < -0.4 is 0 Å². The van der Waals surface area contributed by atoms with Crippen LogP contribution in [0.2, 0.25) is 0 Å². The van der Waals surface area contributed by atoms with E-state index in [0.29, 0.717) is 0 Å². The minimum Gasteiger partial charge on any atom is -0.324 e. The lowest BCUT2D eigenvalue weighted by molar-refractivity contribution is 0.950. The minimum absolute atomic E-state index is 0.745. The maximum absolute atomic E-state index is 4.49. The van der Waals surface area contributed by atoms with Gasteiger partial charge in [0.1, 0.15) is 5.69 Å². The Morgan fingerprint density at radius 1 is 1.18 bits per heavy atom. The molecule has 0 radical (unpaired) electrons. The topological polar surface area (TPSA) is 43.6 Å². The highest BCUT2D eigenvalue weighted by Crippen LogP contribution is 2.21. The summed E-state index contributed by atoms with van der Waals surface area (Å²) in [6.07, 6.45) is 3.51. The molecule has 3 aromatic heterocycles. The number of aromatic nitrogens is 4. The third kappa shape index (κ3) is 1.72. The largest absolute Gasteiger partial charge is 0.324 e. The summed E-state index contributed by atoms with van der Waals surface area (Å²) in [6, 6.07) is 7.79. The fourth-order valence-electron chi connectivity index (χ4n) is 1.76. The molecule has 0 atom stereocenters. The average Bonchev–Trinajstić information content (AvgIpc) is 2.69. The van der Waals surface area contributed by atoms with Gasteiger partial charge in [-0.25, -0.2) is 9.97 Å². The Hall–Kier alpha value is -1.75. The van der Waals surface area contributed by atoms with E-state index >= 15 is 0 Å². The Kier molecular flexibility index (Phi) is 2.40. The van der Waals surface area contributed by atoms with Gasteiger partial charge in [0.05, 0.1) is 5.52 Å². The Labute approximate surface area is 106 Å². The molecule has 4 nitrogen and oxygen atoms in total. The van der Waals surface area contributed by atoms with E-state index in [1.807, 2.05) is 35.9 Å². The van der Waals surface area contributed by atoms with Crippen LogP contribution in [0.15, 0.2) is 41.1 Å². The number of hydrogen-bond acceptors (Lipinski definition) is 3. The van der Waals surface area contributed by atoms with Crippen molar-refractivity contribution in [2.45, 2.75) is 0 Å². The van der Waals surface area contributed by atoms with Gasteiger partial charge in [0.25, 0.3) is 0 Å². The third-order valence-corrected chi connectivity index (χ3v) is 3.08. The van der Waals surface area contributed by atoms with E-state index in [1.165, 1.54) is 0 Å². The molecule has 0 aliphatic rings. The molecule has 3 heterocycles. The van der Waals surface area contributed by atoms with Gasteiger partial charge in [-0.2, -0.15) is 0 Å². The smallest absolute Gasteiger partial charge is 0.178 e. The summed E-state index contributed by atoms with van der Waals surface area (Å²) in [5, 5.41) is 0. The summed E-state index contributed by atoms with van der Waals surface area (Å²) in [5.74, 6) is 0.825. The molecular weight excluding hydrogens is 280 g/mol. The Bertz CT molecular complexity index is 673. The molecule has 0 aliphatic carbocycles. The quantitative estimate of drug-likeness (QED) is 0.692. The molecule has 0 N–H and O–H groups in total. The van der Waals surface area contributed by atoms with Gasteiger partial charge in [0.15, 0.2) is 11.5 Å². The summed E-state index contributed by atoms with van der Waals surface area (Å²) in [6.45, 7) is 0. The van der Waals surface area contributed by atoms with Crippen LogP contribution in [0.25, 0.3) is 22.7 Å². The van der Waals surface area contributed by atoms with Gasteiger partial charge in [-0.1, -0.05) is 0 Å². The molecule has 17 heavy (non-hydrogen) atoms. The molecule has 0 bridgehead atoms. The number of halogens is 1. The molecule has 3 aromatic rings. The SMILES string of the molecule is Cn1c(-c2ccc(Br)cn2)nc2ncccc21. The van der Waals surface area contributed by atoms with E-state index in [-0.39, 0.29) is 0 Å². The van der Waals surface area contributed by atoms with Crippen molar-refractivity contribution >= 4 is 27.1 Å². The molecule has 0 aromatic carbocycles. The van der Waals surface area contributed by atoms with Crippen molar-refractivity contribution in [3.05, 3.63) is 41.1 Å². The lowest BCUT2D eigenvalue weighted by Gasteiger charge is -2.01.